The zero-order chi connectivity index (χ0) is 14.3. The Morgan fingerprint density at radius 1 is 1.30 bits per heavy atom. The summed E-state index contributed by atoms with van der Waals surface area (Å²) in [4.78, 5) is 25.0. The molecular weight excluding hydrogens is 256 g/mol. The molecule has 0 saturated heterocycles. The molecule has 0 radical (unpaired) electrons. The van der Waals surface area contributed by atoms with Gasteiger partial charge in [-0.3, -0.25) is 9.59 Å². The van der Waals surface area contributed by atoms with Gasteiger partial charge in [-0.05, 0) is 24.6 Å². The standard InChI is InChI=1S/C15H16N2O3/c1-9-13(15(19)14(9)18)17-4-5-20-12-3-2-10(7-16)6-11(12)8-17/h2-3,6H,4-5,7-8,16H2,1H3. The second kappa shape index (κ2) is 4.76. The minimum absolute atomic E-state index is 0.374. The molecule has 0 spiro atoms. The molecule has 0 atom stereocenters. The van der Waals surface area contributed by atoms with Gasteiger partial charge in [-0.1, -0.05) is 6.07 Å². The molecule has 2 N–H and O–H groups in total. The largest absolute Gasteiger partial charge is 0.491 e. The summed E-state index contributed by atoms with van der Waals surface area (Å²) in [5.41, 5.74) is 8.00. The van der Waals surface area contributed by atoms with E-state index < -0.39 is 0 Å². The second-order valence-corrected chi connectivity index (χ2v) is 5.05. The molecule has 5 nitrogen and oxygen atoms in total. The van der Waals surface area contributed by atoms with Crippen LogP contribution in [0.15, 0.2) is 27.8 Å². The number of hydrogen-bond acceptors (Lipinski definition) is 5. The lowest BCUT2D eigenvalue weighted by Gasteiger charge is -2.24. The van der Waals surface area contributed by atoms with Crippen LogP contribution in [-0.4, -0.2) is 13.2 Å². The Labute approximate surface area is 116 Å². The summed E-state index contributed by atoms with van der Waals surface area (Å²) in [7, 11) is 0. The van der Waals surface area contributed by atoms with E-state index in [1.54, 1.807) is 6.92 Å². The smallest absolute Gasteiger partial charge is 0.249 e. The summed E-state index contributed by atoms with van der Waals surface area (Å²) in [6.07, 6.45) is 0. The van der Waals surface area contributed by atoms with E-state index in [4.69, 9.17) is 10.5 Å². The highest BCUT2D eigenvalue weighted by Crippen LogP contribution is 2.27. The van der Waals surface area contributed by atoms with Crippen LogP contribution < -0.4 is 26.2 Å². The van der Waals surface area contributed by atoms with Crippen LogP contribution in [0.3, 0.4) is 0 Å². The van der Waals surface area contributed by atoms with E-state index in [9.17, 15) is 9.59 Å². The van der Waals surface area contributed by atoms with E-state index in [1.807, 2.05) is 23.1 Å². The minimum Gasteiger partial charge on any atom is -0.491 e. The molecule has 0 fully saturated rings. The van der Waals surface area contributed by atoms with Crippen LogP contribution >= 0.6 is 0 Å². The molecule has 0 aromatic heterocycles. The zero-order valence-electron chi connectivity index (χ0n) is 11.3. The molecule has 0 amide bonds. The van der Waals surface area contributed by atoms with Gasteiger partial charge in [0, 0.05) is 24.2 Å². The van der Waals surface area contributed by atoms with Crippen molar-refractivity contribution in [2.24, 2.45) is 5.73 Å². The van der Waals surface area contributed by atoms with E-state index in [2.05, 4.69) is 0 Å². The third kappa shape index (κ3) is 1.91. The molecule has 0 unspecified atom stereocenters. The first-order valence-corrected chi connectivity index (χ1v) is 6.61. The summed E-state index contributed by atoms with van der Waals surface area (Å²) >= 11 is 0. The normalized spacial score (nSPS) is 14.8. The highest BCUT2D eigenvalue weighted by molar-refractivity contribution is 5.59. The second-order valence-electron chi connectivity index (χ2n) is 5.05. The lowest BCUT2D eigenvalue weighted by Crippen LogP contribution is -2.43. The highest BCUT2D eigenvalue weighted by atomic mass is 16.5. The topological polar surface area (TPSA) is 72.6 Å². The van der Waals surface area contributed by atoms with Gasteiger partial charge in [0.25, 0.3) is 0 Å². The van der Waals surface area contributed by atoms with Crippen LogP contribution in [0.4, 0.5) is 5.69 Å². The van der Waals surface area contributed by atoms with Gasteiger partial charge in [-0.25, -0.2) is 0 Å². The summed E-state index contributed by atoms with van der Waals surface area (Å²) in [5, 5.41) is 0. The van der Waals surface area contributed by atoms with Crippen molar-refractivity contribution in [3.8, 4) is 5.75 Å². The molecule has 0 saturated carbocycles. The van der Waals surface area contributed by atoms with Crippen LogP contribution in [0.5, 0.6) is 5.75 Å². The number of anilines is 1. The number of ether oxygens (including phenoxy) is 1. The number of fused-ring (bicyclic) bond motifs is 1. The van der Waals surface area contributed by atoms with Crippen molar-refractivity contribution in [1.82, 2.24) is 0 Å². The Balaban J connectivity index is 1.97. The average Bonchev–Trinajstić information content (AvgIpc) is 2.68. The quantitative estimate of drug-likeness (QED) is 0.804. The van der Waals surface area contributed by atoms with Gasteiger partial charge in [-0.2, -0.15) is 0 Å². The Morgan fingerprint density at radius 3 is 2.80 bits per heavy atom. The van der Waals surface area contributed by atoms with E-state index in [-0.39, 0.29) is 10.9 Å². The van der Waals surface area contributed by atoms with Gasteiger partial charge >= 0.3 is 0 Å². The van der Waals surface area contributed by atoms with Crippen molar-refractivity contribution >= 4 is 5.69 Å². The van der Waals surface area contributed by atoms with Crippen molar-refractivity contribution in [1.29, 1.82) is 0 Å². The van der Waals surface area contributed by atoms with Crippen molar-refractivity contribution in [3.63, 3.8) is 0 Å². The number of nitrogens with zero attached hydrogens (tertiary/aromatic N) is 1. The van der Waals surface area contributed by atoms with E-state index in [0.717, 1.165) is 16.9 Å². The molecule has 2 aromatic rings. The molecule has 2 aromatic carbocycles. The molecule has 1 heterocycles. The average molecular weight is 272 g/mol. The van der Waals surface area contributed by atoms with E-state index >= 15 is 0 Å². The fourth-order valence-electron chi connectivity index (χ4n) is 2.64. The number of benzene rings is 1. The number of nitrogens with two attached hydrogens (primary N) is 1. The van der Waals surface area contributed by atoms with Crippen molar-refractivity contribution in [2.45, 2.75) is 20.0 Å². The molecule has 104 valence electrons. The monoisotopic (exact) mass is 272 g/mol. The Bertz CT molecular complexity index is 729. The maximum Gasteiger partial charge on any atom is 0.249 e. The molecule has 0 aliphatic carbocycles. The van der Waals surface area contributed by atoms with Crippen LogP contribution in [0.25, 0.3) is 0 Å². The van der Waals surface area contributed by atoms with Gasteiger partial charge < -0.3 is 15.4 Å². The van der Waals surface area contributed by atoms with Crippen LogP contribution in [-0.2, 0) is 13.1 Å². The zero-order valence-corrected chi connectivity index (χ0v) is 11.3. The molecule has 1 aliphatic rings. The summed E-state index contributed by atoms with van der Waals surface area (Å²) in [5.74, 6) is 0.820. The molecule has 20 heavy (non-hydrogen) atoms. The molecular formula is C15H16N2O3. The predicted octanol–water partition coefficient (Wildman–Crippen LogP) is 0.449. The fraction of sp³-hybridized carbons (Fsp3) is 0.333. The summed E-state index contributed by atoms with van der Waals surface area (Å²) in [6.45, 7) is 3.81. The van der Waals surface area contributed by atoms with Crippen LogP contribution in [0.2, 0.25) is 0 Å². The van der Waals surface area contributed by atoms with Gasteiger partial charge in [0.1, 0.15) is 12.4 Å². The van der Waals surface area contributed by atoms with Crippen molar-refractivity contribution in [3.05, 3.63) is 55.3 Å². The molecule has 5 heteroatoms. The van der Waals surface area contributed by atoms with Crippen molar-refractivity contribution in [2.75, 3.05) is 18.1 Å². The lowest BCUT2D eigenvalue weighted by molar-refractivity contribution is 0.331. The Kier molecular flexibility index (Phi) is 3.06. The Hall–Kier alpha value is -2.14. The number of hydrogen-bond donors (Lipinski definition) is 1. The third-order valence-electron chi connectivity index (χ3n) is 3.77. The molecule has 0 bridgehead atoms. The minimum atomic E-state index is -0.388. The third-order valence-corrected chi connectivity index (χ3v) is 3.77. The number of rotatable bonds is 2. The van der Waals surface area contributed by atoms with Crippen molar-refractivity contribution < 1.29 is 4.74 Å². The maximum absolute atomic E-state index is 11.7. The first-order chi connectivity index (χ1) is 9.61. The van der Waals surface area contributed by atoms with Gasteiger partial charge in [0.15, 0.2) is 0 Å². The SMILES string of the molecule is Cc1c(N2CCOc3ccc(CN)cc3C2)c(=O)c1=O. The first kappa shape index (κ1) is 12.9. The van der Waals surface area contributed by atoms with Crippen LogP contribution in [0, 0.1) is 6.92 Å². The van der Waals surface area contributed by atoms with E-state index in [1.165, 1.54) is 0 Å². The lowest BCUT2D eigenvalue weighted by atomic mass is 10.1. The summed E-state index contributed by atoms with van der Waals surface area (Å²) < 4.78 is 5.69. The van der Waals surface area contributed by atoms with Gasteiger partial charge in [-0.15, -0.1) is 0 Å². The predicted molar refractivity (Wildman–Crippen MR) is 77.0 cm³/mol. The Morgan fingerprint density at radius 2 is 2.10 bits per heavy atom. The molecule has 3 rings (SSSR count). The van der Waals surface area contributed by atoms with E-state index in [0.29, 0.717) is 37.5 Å². The maximum atomic E-state index is 11.7. The van der Waals surface area contributed by atoms with Crippen LogP contribution in [0.1, 0.15) is 16.7 Å². The fourth-order valence-corrected chi connectivity index (χ4v) is 2.64. The van der Waals surface area contributed by atoms with Gasteiger partial charge in [0.2, 0.25) is 10.9 Å². The highest BCUT2D eigenvalue weighted by Gasteiger charge is 2.25. The van der Waals surface area contributed by atoms with Gasteiger partial charge in [0.05, 0.1) is 12.2 Å². The molecule has 1 aliphatic heterocycles. The first-order valence-electron chi connectivity index (χ1n) is 6.61. The summed E-state index contributed by atoms with van der Waals surface area (Å²) in [6, 6.07) is 5.85.